The Balaban J connectivity index is 2.25. The smallest absolute Gasteiger partial charge is 0.148 e. The van der Waals surface area contributed by atoms with Gasteiger partial charge in [-0.1, -0.05) is 6.07 Å². The van der Waals surface area contributed by atoms with E-state index < -0.39 is 0 Å². The fraction of sp³-hybridized carbons (Fsp3) is 0.308. The molecule has 1 atom stereocenters. The van der Waals surface area contributed by atoms with Gasteiger partial charge in [-0.05, 0) is 19.1 Å². The van der Waals surface area contributed by atoms with Gasteiger partial charge in [0.05, 0.1) is 18.7 Å². The van der Waals surface area contributed by atoms with Gasteiger partial charge >= 0.3 is 0 Å². The van der Waals surface area contributed by atoms with Crippen LogP contribution in [-0.2, 0) is 7.05 Å². The van der Waals surface area contributed by atoms with Gasteiger partial charge < -0.3 is 10.1 Å². The van der Waals surface area contributed by atoms with Gasteiger partial charge in [0.1, 0.15) is 17.4 Å². The number of hydrogen-bond donors (Lipinski definition) is 1. The van der Waals surface area contributed by atoms with Crippen molar-refractivity contribution < 1.29 is 9.13 Å². The summed E-state index contributed by atoms with van der Waals surface area (Å²) in [7, 11) is 3.37. The zero-order valence-electron chi connectivity index (χ0n) is 10.6. The first kappa shape index (κ1) is 12.4. The molecule has 2 aromatic rings. The summed E-state index contributed by atoms with van der Waals surface area (Å²) in [6, 6.07) is 6.41. The second kappa shape index (κ2) is 5.08. The molecular formula is C13H16FN3O. The van der Waals surface area contributed by atoms with Crippen molar-refractivity contribution in [2.75, 3.05) is 12.4 Å². The Hall–Kier alpha value is -2.04. The van der Waals surface area contributed by atoms with E-state index in [4.69, 9.17) is 4.74 Å². The van der Waals surface area contributed by atoms with E-state index in [2.05, 4.69) is 10.4 Å². The predicted octanol–water partition coefficient (Wildman–Crippen LogP) is 2.74. The second-order valence-corrected chi connectivity index (χ2v) is 4.10. The molecular weight excluding hydrogens is 233 g/mol. The van der Waals surface area contributed by atoms with Gasteiger partial charge in [-0.2, -0.15) is 5.10 Å². The van der Waals surface area contributed by atoms with Crippen molar-refractivity contribution in [3.05, 3.63) is 41.8 Å². The van der Waals surface area contributed by atoms with Crippen molar-refractivity contribution in [2.45, 2.75) is 13.0 Å². The van der Waals surface area contributed by atoms with Crippen LogP contribution < -0.4 is 10.1 Å². The molecule has 1 heterocycles. The average molecular weight is 249 g/mol. The Kier molecular flexibility index (Phi) is 3.50. The average Bonchev–Trinajstić information content (AvgIpc) is 2.74. The van der Waals surface area contributed by atoms with E-state index in [0.29, 0.717) is 17.1 Å². The van der Waals surface area contributed by atoms with Crippen LogP contribution in [0, 0.1) is 5.82 Å². The first-order chi connectivity index (χ1) is 8.61. The number of ether oxygens (including phenoxy) is 1. The first-order valence-electron chi connectivity index (χ1n) is 5.70. The van der Waals surface area contributed by atoms with Gasteiger partial charge in [-0.3, -0.25) is 4.68 Å². The van der Waals surface area contributed by atoms with E-state index in [9.17, 15) is 4.39 Å². The second-order valence-electron chi connectivity index (χ2n) is 4.10. The summed E-state index contributed by atoms with van der Waals surface area (Å²) >= 11 is 0. The van der Waals surface area contributed by atoms with Crippen molar-refractivity contribution in [1.29, 1.82) is 0 Å². The Morgan fingerprint density at radius 1 is 1.39 bits per heavy atom. The molecule has 0 spiro atoms. The highest BCUT2D eigenvalue weighted by atomic mass is 19.1. The third-order valence-corrected chi connectivity index (χ3v) is 2.74. The summed E-state index contributed by atoms with van der Waals surface area (Å²) in [4.78, 5) is 0. The molecule has 0 bridgehead atoms. The van der Waals surface area contributed by atoms with E-state index in [-0.39, 0.29) is 11.9 Å². The van der Waals surface area contributed by atoms with Crippen molar-refractivity contribution in [3.8, 4) is 5.75 Å². The molecule has 4 nitrogen and oxygen atoms in total. The van der Waals surface area contributed by atoms with Crippen molar-refractivity contribution in [1.82, 2.24) is 9.78 Å². The van der Waals surface area contributed by atoms with Gasteiger partial charge in [0.15, 0.2) is 0 Å². The summed E-state index contributed by atoms with van der Waals surface area (Å²) in [5, 5.41) is 7.35. The van der Waals surface area contributed by atoms with E-state index in [1.807, 2.05) is 26.2 Å². The lowest BCUT2D eigenvalue weighted by molar-refractivity contribution is 0.402. The van der Waals surface area contributed by atoms with E-state index in [1.165, 1.54) is 13.2 Å². The Bertz CT molecular complexity index is 539. The highest BCUT2D eigenvalue weighted by molar-refractivity contribution is 5.43. The summed E-state index contributed by atoms with van der Waals surface area (Å²) in [6.45, 7) is 1.87. The van der Waals surface area contributed by atoms with Gasteiger partial charge in [0, 0.05) is 19.3 Å². The first-order valence-corrected chi connectivity index (χ1v) is 5.70. The molecule has 1 aromatic heterocycles. The number of hydrogen-bond acceptors (Lipinski definition) is 3. The summed E-state index contributed by atoms with van der Waals surface area (Å²) in [6.07, 6.45) is 1.83. The summed E-state index contributed by atoms with van der Waals surface area (Å²) in [5.41, 5.74) is 0.505. The van der Waals surface area contributed by atoms with Crippen LogP contribution in [0.15, 0.2) is 30.5 Å². The molecule has 0 radical (unpaired) electrons. The zero-order valence-corrected chi connectivity index (χ0v) is 10.6. The fourth-order valence-corrected chi connectivity index (χ4v) is 1.90. The van der Waals surface area contributed by atoms with Crippen LogP contribution >= 0.6 is 0 Å². The van der Waals surface area contributed by atoms with Crippen LogP contribution in [0.25, 0.3) is 0 Å². The lowest BCUT2D eigenvalue weighted by Gasteiger charge is -2.17. The van der Waals surface area contributed by atoms with Gasteiger partial charge in [-0.25, -0.2) is 4.39 Å². The quantitative estimate of drug-likeness (QED) is 0.905. The van der Waals surface area contributed by atoms with Crippen LogP contribution in [0.2, 0.25) is 0 Å². The highest BCUT2D eigenvalue weighted by Crippen LogP contribution is 2.29. The molecule has 1 aromatic carbocycles. The maximum absolute atomic E-state index is 13.8. The number of nitrogens with one attached hydrogen (secondary N) is 1. The van der Waals surface area contributed by atoms with E-state index in [1.54, 1.807) is 16.8 Å². The topological polar surface area (TPSA) is 39.1 Å². The largest absolute Gasteiger partial charge is 0.496 e. The van der Waals surface area contributed by atoms with Crippen molar-refractivity contribution in [3.63, 3.8) is 0 Å². The Morgan fingerprint density at radius 3 is 2.78 bits per heavy atom. The van der Waals surface area contributed by atoms with Crippen molar-refractivity contribution in [2.24, 2.45) is 7.05 Å². The summed E-state index contributed by atoms with van der Waals surface area (Å²) < 4.78 is 20.7. The third-order valence-electron chi connectivity index (χ3n) is 2.74. The fourth-order valence-electron chi connectivity index (χ4n) is 1.90. The Labute approximate surface area is 105 Å². The lowest BCUT2D eigenvalue weighted by atomic mass is 10.1. The Morgan fingerprint density at radius 2 is 2.17 bits per heavy atom. The maximum atomic E-state index is 13.8. The molecule has 0 fully saturated rings. The normalized spacial score (nSPS) is 12.2. The van der Waals surface area contributed by atoms with Crippen LogP contribution in [0.3, 0.4) is 0 Å². The number of aryl methyl sites for hydroxylation is 1. The molecule has 1 unspecified atom stereocenters. The number of nitrogens with zero attached hydrogens (tertiary/aromatic N) is 2. The van der Waals surface area contributed by atoms with E-state index in [0.717, 1.165) is 0 Å². The third kappa shape index (κ3) is 2.45. The van der Waals surface area contributed by atoms with Crippen LogP contribution in [0.1, 0.15) is 18.5 Å². The van der Waals surface area contributed by atoms with Gasteiger partial charge in [-0.15, -0.1) is 0 Å². The number of rotatable bonds is 4. The molecule has 0 aliphatic carbocycles. The number of methoxy groups -OCH3 is 1. The number of aromatic nitrogens is 2. The highest BCUT2D eigenvalue weighted by Gasteiger charge is 2.16. The molecule has 1 N–H and O–H groups in total. The minimum atomic E-state index is -0.287. The number of halogens is 1. The van der Waals surface area contributed by atoms with Crippen LogP contribution in [0.5, 0.6) is 5.75 Å². The zero-order chi connectivity index (χ0) is 13.1. The lowest BCUT2D eigenvalue weighted by Crippen LogP contribution is -2.11. The molecule has 0 amide bonds. The maximum Gasteiger partial charge on any atom is 0.148 e. The van der Waals surface area contributed by atoms with Crippen LogP contribution in [0.4, 0.5) is 10.2 Å². The minimum Gasteiger partial charge on any atom is -0.496 e. The monoisotopic (exact) mass is 249 g/mol. The number of anilines is 1. The van der Waals surface area contributed by atoms with E-state index >= 15 is 0 Å². The predicted molar refractivity (Wildman–Crippen MR) is 68.2 cm³/mol. The molecule has 2 rings (SSSR count). The molecule has 5 heteroatoms. The number of benzene rings is 1. The molecule has 0 saturated carbocycles. The van der Waals surface area contributed by atoms with Crippen molar-refractivity contribution >= 4 is 5.82 Å². The molecule has 0 saturated heterocycles. The molecule has 18 heavy (non-hydrogen) atoms. The summed E-state index contributed by atoms with van der Waals surface area (Å²) in [5.74, 6) is 0.950. The van der Waals surface area contributed by atoms with Gasteiger partial charge in [0.25, 0.3) is 0 Å². The standard InChI is InChI=1S/C13H16FN3O/c1-9(15-12-7-8-17(2)16-12)13-10(14)5-4-6-11(13)18-3/h4-9H,1-3H3,(H,15,16). The molecule has 0 aliphatic rings. The molecule has 0 aliphatic heterocycles. The minimum absolute atomic E-state index is 0.226. The SMILES string of the molecule is COc1cccc(F)c1C(C)Nc1ccn(C)n1. The van der Waals surface area contributed by atoms with Gasteiger partial charge in [0.2, 0.25) is 0 Å². The van der Waals surface area contributed by atoms with Crippen LogP contribution in [-0.4, -0.2) is 16.9 Å². The molecule has 96 valence electrons.